The molecule has 0 saturated heterocycles. The Morgan fingerprint density at radius 3 is 1.00 bits per heavy atom. The standard InChI is InChI=1S/C4H9.2ClH.Sn.H/c1-4(2)3;;;;/h1-3H3;2*1H;;. The maximum Gasteiger partial charge on any atom is -0.147 e. The van der Waals surface area contributed by atoms with Crippen LogP contribution in [0.15, 0.2) is 0 Å². The fourth-order valence-corrected chi connectivity index (χ4v) is 0. The van der Waals surface area contributed by atoms with E-state index in [4.69, 9.17) is 0 Å². The first-order chi connectivity index (χ1) is 2.00. The van der Waals surface area contributed by atoms with Gasteiger partial charge in [0.1, 0.15) is 0 Å². The van der Waals surface area contributed by atoms with Crippen molar-refractivity contribution in [2.24, 2.45) is 0 Å². The molecule has 0 N–H and O–H groups in total. The van der Waals surface area contributed by atoms with Gasteiger partial charge in [-0.2, -0.15) is 0 Å². The molecule has 0 bridgehead atoms. The number of hydrogen-bond acceptors (Lipinski definition) is 0. The summed E-state index contributed by atoms with van der Waals surface area (Å²) in [6, 6.07) is 0. The largest absolute Gasteiger partial charge is 0.147 e. The van der Waals surface area contributed by atoms with Gasteiger partial charge in [-0.1, -0.05) is 0 Å². The monoisotopic (exact) mass is 250 g/mol. The van der Waals surface area contributed by atoms with E-state index >= 15 is 0 Å². The normalized spacial score (nSPS) is 8.57. The maximum absolute atomic E-state index is 2.25. The molecule has 0 aliphatic rings. The Kier molecular flexibility index (Phi) is 12.4. The van der Waals surface area contributed by atoms with Gasteiger partial charge in [0.25, 0.3) is 0 Å². The van der Waals surface area contributed by atoms with Gasteiger partial charge in [-0.05, 0) is 0 Å². The average molecular weight is 250 g/mol. The Bertz CT molecular complexity index is 25.2. The molecule has 3 heteroatoms. The number of halogens is 2. The molecule has 0 fully saturated rings. The molecule has 0 unspecified atom stereocenters. The van der Waals surface area contributed by atoms with Crippen molar-refractivity contribution >= 4 is 47.3 Å². The first-order valence-corrected chi connectivity index (χ1v) is 3.44. The van der Waals surface area contributed by atoms with Crippen LogP contribution in [-0.4, -0.2) is 22.5 Å². The van der Waals surface area contributed by atoms with Gasteiger partial charge in [-0.15, -0.1) is 24.8 Å². The van der Waals surface area contributed by atoms with E-state index in [1.54, 1.807) is 0 Å². The molecule has 0 aromatic heterocycles. The maximum atomic E-state index is 2.25. The van der Waals surface area contributed by atoms with Gasteiger partial charge in [0, 0.05) is 0 Å². The van der Waals surface area contributed by atoms with Crippen molar-refractivity contribution in [1.82, 2.24) is 0 Å². The van der Waals surface area contributed by atoms with E-state index in [0.717, 1.165) is 0 Å². The van der Waals surface area contributed by atoms with E-state index < -0.39 is 0 Å². The molecular weight excluding hydrogens is 238 g/mol. The molecule has 0 aliphatic heterocycles. The summed E-state index contributed by atoms with van der Waals surface area (Å²) in [5.74, 6) is 0. The van der Waals surface area contributed by atoms with E-state index in [1.165, 1.54) is 22.5 Å². The van der Waals surface area contributed by atoms with E-state index in [1.807, 2.05) is 0 Å². The fraction of sp³-hybridized carbons (Fsp3) is 1.00. The molecule has 0 amide bonds. The first-order valence-electron chi connectivity index (χ1n) is 1.79. The van der Waals surface area contributed by atoms with Crippen molar-refractivity contribution in [3.05, 3.63) is 0 Å². The second-order valence-electron chi connectivity index (χ2n) is 2.37. The summed E-state index contributed by atoms with van der Waals surface area (Å²) in [5.41, 5.74) is 0. The molecule has 46 valence electrons. The van der Waals surface area contributed by atoms with Crippen LogP contribution in [0.3, 0.4) is 0 Å². The average Bonchev–Trinajstić information content (AvgIpc) is 0.722. The van der Waals surface area contributed by atoms with E-state index in [9.17, 15) is 0 Å². The summed E-state index contributed by atoms with van der Waals surface area (Å²) in [7, 11) is 0. The van der Waals surface area contributed by atoms with Gasteiger partial charge < -0.3 is 0 Å². The van der Waals surface area contributed by atoms with Gasteiger partial charge in [0.05, 0.1) is 0 Å². The van der Waals surface area contributed by atoms with Crippen LogP contribution in [0.2, 0.25) is 3.43 Å². The molecule has 0 aromatic carbocycles. The molecule has 0 rings (SSSR count). The minimum atomic E-state index is 0. The van der Waals surface area contributed by atoms with E-state index in [2.05, 4.69) is 20.8 Å². The molecule has 2 radical (unpaired) electrons. The van der Waals surface area contributed by atoms with Crippen LogP contribution in [0, 0.1) is 0 Å². The molecular formula is C4H12Cl2Sn. The zero-order chi connectivity index (χ0) is 4.50. The summed E-state index contributed by atoms with van der Waals surface area (Å²) >= 11 is 1.36. The smallest absolute Gasteiger partial charge is 0.147 e. The van der Waals surface area contributed by atoms with Crippen molar-refractivity contribution in [2.45, 2.75) is 24.2 Å². The van der Waals surface area contributed by atoms with Gasteiger partial charge in [-0.25, -0.2) is 0 Å². The Labute approximate surface area is 71.3 Å². The minimum absolute atomic E-state index is 0. The van der Waals surface area contributed by atoms with Crippen LogP contribution < -0.4 is 0 Å². The second-order valence-corrected chi connectivity index (χ2v) is 7.31. The van der Waals surface area contributed by atoms with Crippen molar-refractivity contribution in [3.63, 3.8) is 0 Å². The topological polar surface area (TPSA) is 0 Å². The van der Waals surface area contributed by atoms with Gasteiger partial charge in [-0.3, -0.25) is 0 Å². The third-order valence-corrected chi connectivity index (χ3v) is 0. The Morgan fingerprint density at radius 2 is 1.00 bits per heavy atom. The van der Waals surface area contributed by atoms with Crippen molar-refractivity contribution < 1.29 is 0 Å². The van der Waals surface area contributed by atoms with E-state index in [0.29, 0.717) is 3.43 Å². The van der Waals surface area contributed by atoms with Crippen LogP contribution in [0.5, 0.6) is 0 Å². The first kappa shape index (κ1) is 15.8. The molecule has 0 nitrogen and oxygen atoms in total. The van der Waals surface area contributed by atoms with Crippen molar-refractivity contribution in [2.75, 3.05) is 0 Å². The zero-order valence-corrected chi connectivity index (χ0v) is 9.82. The van der Waals surface area contributed by atoms with Gasteiger partial charge >= 0.3 is 46.7 Å². The molecule has 0 saturated carbocycles. The second kappa shape index (κ2) is 5.51. The number of hydrogen-bond donors (Lipinski definition) is 0. The van der Waals surface area contributed by atoms with Crippen molar-refractivity contribution in [3.8, 4) is 0 Å². The Balaban J connectivity index is -0.0000000800. The van der Waals surface area contributed by atoms with Crippen LogP contribution in [0.1, 0.15) is 20.8 Å². The quantitative estimate of drug-likeness (QED) is 0.576. The molecule has 0 aliphatic carbocycles. The summed E-state index contributed by atoms with van der Waals surface area (Å²) in [6.45, 7) is 6.74. The third kappa shape index (κ3) is 112. The Hall–Kier alpha value is 1.38. The molecule has 0 spiro atoms. The molecule has 0 heterocycles. The van der Waals surface area contributed by atoms with E-state index in [-0.39, 0.29) is 24.8 Å². The minimum Gasteiger partial charge on any atom is -0.147 e. The SMILES string of the molecule is C[C](C)(C)[SnH].Cl.Cl. The summed E-state index contributed by atoms with van der Waals surface area (Å²) in [6.07, 6.45) is 0. The fourth-order valence-electron chi connectivity index (χ4n) is 0. The summed E-state index contributed by atoms with van der Waals surface area (Å²) in [4.78, 5) is 0. The van der Waals surface area contributed by atoms with Crippen LogP contribution >= 0.6 is 24.8 Å². The number of rotatable bonds is 0. The molecule has 0 atom stereocenters. The zero-order valence-electron chi connectivity index (χ0n) is 4.89. The summed E-state index contributed by atoms with van der Waals surface area (Å²) < 4.78 is 0.630. The third-order valence-electron chi connectivity index (χ3n) is 0. The van der Waals surface area contributed by atoms with Gasteiger partial charge in [0.15, 0.2) is 0 Å². The molecule has 7 heavy (non-hydrogen) atoms. The van der Waals surface area contributed by atoms with Crippen LogP contribution in [0.4, 0.5) is 0 Å². The van der Waals surface area contributed by atoms with Crippen molar-refractivity contribution in [1.29, 1.82) is 0 Å². The van der Waals surface area contributed by atoms with Gasteiger partial charge in [0.2, 0.25) is 0 Å². The predicted octanol–water partition coefficient (Wildman–Crippen LogP) is 1.95. The van der Waals surface area contributed by atoms with Crippen LogP contribution in [-0.2, 0) is 0 Å². The predicted molar refractivity (Wildman–Crippen MR) is 41.4 cm³/mol. The Morgan fingerprint density at radius 1 is 1.00 bits per heavy atom. The summed E-state index contributed by atoms with van der Waals surface area (Å²) in [5, 5.41) is 0. The van der Waals surface area contributed by atoms with Crippen LogP contribution in [0.25, 0.3) is 0 Å². The molecule has 0 aromatic rings.